The average Bonchev–Trinajstić information content (AvgIpc) is 3.05. The van der Waals surface area contributed by atoms with Crippen LogP contribution in [0.25, 0.3) is 5.57 Å². The van der Waals surface area contributed by atoms with Crippen LogP contribution < -0.4 is 4.74 Å². The molecule has 6 heteroatoms. The number of rotatable bonds is 6. The number of aliphatic hydroxyl groups is 1. The second-order valence-corrected chi connectivity index (χ2v) is 8.27. The van der Waals surface area contributed by atoms with Crippen molar-refractivity contribution in [2.45, 2.75) is 26.3 Å². The van der Waals surface area contributed by atoms with Gasteiger partial charge in [0.15, 0.2) is 0 Å². The summed E-state index contributed by atoms with van der Waals surface area (Å²) in [6.07, 6.45) is 1.80. The fourth-order valence-corrected chi connectivity index (χ4v) is 4.31. The van der Waals surface area contributed by atoms with Crippen molar-refractivity contribution in [3.05, 3.63) is 70.9 Å². The Kier molecular flexibility index (Phi) is 6.09. The van der Waals surface area contributed by atoms with Crippen molar-refractivity contribution in [2.75, 3.05) is 26.8 Å². The van der Waals surface area contributed by atoms with E-state index in [4.69, 9.17) is 4.74 Å². The Morgan fingerprint density at radius 3 is 2.39 bits per heavy atom. The summed E-state index contributed by atoms with van der Waals surface area (Å²) in [4.78, 5) is 30.3. The number of hydrogen-bond donors (Lipinski definition) is 1. The second-order valence-electron chi connectivity index (χ2n) is 8.27. The van der Waals surface area contributed by atoms with Gasteiger partial charge >= 0.3 is 0 Å². The van der Waals surface area contributed by atoms with Crippen LogP contribution in [0.15, 0.2) is 54.2 Å². The monoisotopic (exact) mass is 420 g/mol. The van der Waals surface area contributed by atoms with Crippen molar-refractivity contribution < 1.29 is 19.4 Å². The van der Waals surface area contributed by atoms with E-state index in [-0.39, 0.29) is 30.9 Å². The van der Waals surface area contributed by atoms with Crippen molar-refractivity contribution in [3.8, 4) is 5.75 Å². The summed E-state index contributed by atoms with van der Waals surface area (Å²) in [6, 6.07) is 15.1. The third-order valence-corrected chi connectivity index (χ3v) is 6.08. The molecule has 2 aliphatic rings. The molecule has 0 aliphatic carbocycles. The van der Waals surface area contributed by atoms with E-state index in [2.05, 4.69) is 0 Å². The molecular weight excluding hydrogens is 392 g/mol. The van der Waals surface area contributed by atoms with E-state index < -0.39 is 0 Å². The number of piperidine rings is 1. The number of aryl methyl sites for hydroxylation is 1. The average molecular weight is 421 g/mol. The highest BCUT2D eigenvalue weighted by molar-refractivity contribution is 6.35. The Balaban J connectivity index is 1.72. The number of carbonyl (C=O) groups excluding carboxylic acids is 2. The zero-order valence-electron chi connectivity index (χ0n) is 18.0. The summed E-state index contributed by atoms with van der Waals surface area (Å²) < 4.78 is 5.24. The minimum absolute atomic E-state index is 0.0802. The zero-order valence-corrected chi connectivity index (χ0v) is 18.0. The summed E-state index contributed by atoms with van der Waals surface area (Å²) in [5, 5.41) is 9.66. The highest BCUT2D eigenvalue weighted by atomic mass is 16.5. The molecule has 0 saturated carbocycles. The molecule has 2 aromatic rings. The molecular formula is C25H28N2O4. The molecule has 2 aliphatic heterocycles. The maximum Gasteiger partial charge on any atom is 0.278 e. The first-order valence-electron chi connectivity index (χ1n) is 10.7. The van der Waals surface area contributed by atoms with E-state index in [1.165, 1.54) is 4.90 Å². The first kappa shape index (κ1) is 21.1. The molecule has 0 aromatic heterocycles. The van der Waals surface area contributed by atoms with Gasteiger partial charge in [0, 0.05) is 19.7 Å². The Hall–Kier alpha value is -3.12. The van der Waals surface area contributed by atoms with Crippen molar-refractivity contribution in [3.63, 3.8) is 0 Å². The number of carbonyl (C=O) groups is 2. The van der Waals surface area contributed by atoms with Gasteiger partial charge in [0.2, 0.25) is 0 Å². The molecule has 1 atom stereocenters. The van der Waals surface area contributed by atoms with Gasteiger partial charge < -0.3 is 14.7 Å². The lowest BCUT2D eigenvalue weighted by molar-refractivity contribution is -0.138. The summed E-state index contributed by atoms with van der Waals surface area (Å²) in [7, 11) is 1.59. The molecule has 1 saturated heterocycles. The molecule has 4 rings (SSSR count). The van der Waals surface area contributed by atoms with Gasteiger partial charge in [-0.2, -0.15) is 0 Å². The van der Waals surface area contributed by atoms with Crippen LogP contribution in [0.3, 0.4) is 0 Å². The van der Waals surface area contributed by atoms with Crippen LogP contribution in [0.4, 0.5) is 0 Å². The maximum atomic E-state index is 13.5. The molecule has 1 N–H and O–H groups in total. The molecule has 2 aromatic carbocycles. The largest absolute Gasteiger partial charge is 0.497 e. The summed E-state index contributed by atoms with van der Waals surface area (Å²) in [5.74, 6) is 0.247. The number of methoxy groups -OCH3 is 1. The SMILES string of the molecule is COc1ccc(C2=C(N3CCCC(CO)C3)C(=O)N(Cc3ccc(C)cc3)C2=O)cc1. The van der Waals surface area contributed by atoms with E-state index in [1.807, 2.05) is 48.2 Å². The molecule has 2 amide bonds. The van der Waals surface area contributed by atoms with Gasteiger partial charge in [0.1, 0.15) is 11.4 Å². The van der Waals surface area contributed by atoms with Gasteiger partial charge in [-0.15, -0.1) is 0 Å². The number of amides is 2. The van der Waals surface area contributed by atoms with Crippen LogP contribution in [-0.4, -0.2) is 53.5 Å². The van der Waals surface area contributed by atoms with Crippen LogP contribution in [-0.2, 0) is 16.1 Å². The first-order valence-corrected chi connectivity index (χ1v) is 10.7. The lowest BCUT2D eigenvalue weighted by atomic mass is 9.97. The fraction of sp³-hybridized carbons (Fsp3) is 0.360. The van der Waals surface area contributed by atoms with Crippen LogP contribution >= 0.6 is 0 Å². The van der Waals surface area contributed by atoms with Gasteiger partial charge in [0.25, 0.3) is 11.8 Å². The van der Waals surface area contributed by atoms with Crippen molar-refractivity contribution in [1.29, 1.82) is 0 Å². The maximum absolute atomic E-state index is 13.5. The highest BCUT2D eigenvalue weighted by Crippen LogP contribution is 2.35. The number of nitrogens with zero attached hydrogens (tertiary/aromatic N) is 2. The minimum atomic E-state index is -0.281. The van der Waals surface area contributed by atoms with E-state index in [9.17, 15) is 14.7 Å². The molecule has 1 fully saturated rings. The number of benzene rings is 2. The smallest absolute Gasteiger partial charge is 0.278 e. The van der Waals surface area contributed by atoms with Gasteiger partial charge in [-0.05, 0) is 48.9 Å². The highest BCUT2D eigenvalue weighted by Gasteiger charge is 2.42. The van der Waals surface area contributed by atoms with E-state index in [0.29, 0.717) is 35.7 Å². The number of aliphatic hydroxyl groups excluding tert-OH is 1. The Bertz CT molecular complexity index is 995. The van der Waals surface area contributed by atoms with E-state index in [1.54, 1.807) is 19.2 Å². The van der Waals surface area contributed by atoms with Crippen LogP contribution in [0.2, 0.25) is 0 Å². The van der Waals surface area contributed by atoms with Crippen molar-refractivity contribution >= 4 is 17.4 Å². The summed E-state index contributed by atoms with van der Waals surface area (Å²) >= 11 is 0. The van der Waals surface area contributed by atoms with Crippen molar-refractivity contribution in [1.82, 2.24) is 9.80 Å². The predicted molar refractivity (Wildman–Crippen MR) is 118 cm³/mol. The predicted octanol–water partition coefficient (Wildman–Crippen LogP) is 2.99. The molecule has 162 valence electrons. The number of imide groups is 1. The molecule has 0 radical (unpaired) electrons. The van der Waals surface area contributed by atoms with Gasteiger partial charge in [-0.1, -0.05) is 42.0 Å². The number of ether oxygens (including phenoxy) is 1. The molecule has 6 nitrogen and oxygen atoms in total. The van der Waals surface area contributed by atoms with Crippen LogP contribution in [0.5, 0.6) is 5.75 Å². The van der Waals surface area contributed by atoms with E-state index in [0.717, 1.165) is 24.0 Å². The molecule has 0 spiro atoms. The third kappa shape index (κ3) is 4.21. The van der Waals surface area contributed by atoms with E-state index >= 15 is 0 Å². The summed E-state index contributed by atoms with van der Waals surface area (Å²) in [6.45, 7) is 3.59. The summed E-state index contributed by atoms with van der Waals surface area (Å²) in [5.41, 5.74) is 3.61. The van der Waals surface area contributed by atoms with Gasteiger partial charge in [-0.25, -0.2) is 0 Å². The molecule has 2 heterocycles. The Labute approximate surface area is 182 Å². The lowest BCUT2D eigenvalue weighted by Gasteiger charge is -2.34. The topological polar surface area (TPSA) is 70.1 Å². The zero-order chi connectivity index (χ0) is 22.0. The minimum Gasteiger partial charge on any atom is -0.497 e. The standard InChI is InChI=1S/C25H28N2O4/c1-17-5-7-18(8-6-17)15-27-24(29)22(20-9-11-21(31-2)12-10-20)23(25(27)30)26-13-3-4-19(14-26)16-28/h5-12,19,28H,3-4,13-16H2,1-2H3. The van der Waals surface area contributed by atoms with Gasteiger partial charge in [-0.3, -0.25) is 14.5 Å². The normalized spacial score (nSPS) is 19.4. The fourth-order valence-electron chi connectivity index (χ4n) is 4.31. The first-order chi connectivity index (χ1) is 15.0. The number of hydrogen-bond acceptors (Lipinski definition) is 5. The van der Waals surface area contributed by atoms with Crippen LogP contribution in [0.1, 0.15) is 29.5 Å². The second kappa shape index (κ2) is 8.94. The third-order valence-electron chi connectivity index (χ3n) is 6.08. The molecule has 31 heavy (non-hydrogen) atoms. The Morgan fingerprint density at radius 1 is 1.03 bits per heavy atom. The lowest BCUT2D eigenvalue weighted by Crippen LogP contribution is -2.40. The quantitative estimate of drug-likeness (QED) is 0.728. The molecule has 0 bridgehead atoms. The Morgan fingerprint density at radius 2 is 1.74 bits per heavy atom. The molecule has 1 unspecified atom stereocenters. The van der Waals surface area contributed by atoms with Gasteiger partial charge in [0.05, 0.1) is 19.2 Å². The van der Waals surface area contributed by atoms with Crippen molar-refractivity contribution in [2.24, 2.45) is 5.92 Å². The number of likely N-dealkylation sites (tertiary alicyclic amines) is 1. The van der Waals surface area contributed by atoms with Crippen LogP contribution in [0, 0.1) is 12.8 Å².